The number of nitrogen functional groups attached to an aromatic ring is 1. The number of likely N-dealkylation sites (tertiary alicyclic amines) is 1. The molecule has 5 rings (SSSR count). The number of aromatic nitrogens is 2. The molecule has 2 fully saturated rings. The normalized spacial score (nSPS) is 17.7. The van der Waals surface area contributed by atoms with Crippen molar-refractivity contribution in [3.63, 3.8) is 0 Å². The minimum absolute atomic E-state index is 0. The Balaban J connectivity index is 0.00000480. The van der Waals surface area contributed by atoms with Crippen molar-refractivity contribution < 1.29 is 45.4 Å². The predicted octanol–water partition coefficient (Wildman–Crippen LogP) is 2.87. The Hall–Kier alpha value is -3.45. The number of nitrogens with one attached hydrogen (secondary N) is 1. The Labute approximate surface area is 272 Å². The van der Waals surface area contributed by atoms with E-state index in [-0.39, 0.29) is 59.6 Å². The van der Waals surface area contributed by atoms with Crippen LogP contribution in [0.3, 0.4) is 0 Å². The fraction of sp³-hybridized carbons (Fsp3) is 0.481. The number of carbonyl (C=O) groups excluding carboxylic acids is 2. The van der Waals surface area contributed by atoms with Crippen molar-refractivity contribution in [3.05, 3.63) is 36.2 Å². The van der Waals surface area contributed by atoms with E-state index in [0.717, 1.165) is 48.2 Å². The first-order chi connectivity index (χ1) is 21.4. The van der Waals surface area contributed by atoms with Gasteiger partial charge in [0.15, 0.2) is 9.34 Å². The molecule has 1 amide bonds. The highest BCUT2D eigenvalue weighted by Crippen LogP contribution is 2.35. The van der Waals surface area contributed by atoms with Crippen LogP contribution in [0.2, 0.25) is 0 Å². The van der Waals surface area contributed by atoms with Crippen LogP contribution < -0.4 is 20.1 Å². The highest BCUT2D eigenvalue weighted by Gasteiger charge is 2.42. The average Bonchev–Trinajstić information content (AvgIpc) is 3.74. The number of nitrogens with zero attached hydrogens (tertiary/aromatic N) is 4. The Morgan fingerprint density at radius 2 is 1.93 bits per heavy atom. The number of halogens is 4. The number of fused-ring (bicyclic) bond motifs is 1. The summed E-state index contributed by atoms with van der Waals surface area (Å²) in [4.78, 5) is 38.1. The lowest BCUT2D eigenvalue weighted by Crippen LogP contribution is -2.48. The molecule has 252 valence electrons. The Morgan fingerprint density at radius 3 is 2.63 bits per heavy atom. The molecule has 3 N–H and O–H groups in total. The third kappa shape index (κ3) is 8.09. The molecule has 2 saturated heterocycles. The van der Waals surface area contributed by atoms with Gasteiger partial charge in [-0.2, -0.15) is 4.72 Å². The van der Waals surface area contributed by atoms with Gasteiger partial charge in [0.25, 0.3) is 10.0 Å². The van der Waals surface area contributed by atoms with Crippen LogP contribution in [-0.2, 0) is 35.5 Å². The number of rotatable bonds is 12. The quantitative estimate of drug-likeness (QED) is 0.210. The minimum atomic E-state index is -5.08. The number of benzene rings is 1. The summed E-state index contributed by atoms with van der Waals surface area (Å²) in [5, 5.41) is 1.19. The number of carbonyl (C=O) groups is 2. The average molecular weight is 709 g/mol. The number of anilines is 2. The molecule has 2 atom stereocenters. The number of pyridine rings is 1. The second-order valence-corrected chi connectivity index (χ2v) is 13.4. The summed E-state index contributed by atoms with van der Waals surface area (Å²) in [6.45, 7) is 1.33. The monoisotopic (exact) mass is 708 g/mol. The van der Waals surface area contributed by atoms with Gasteiger partial charge in [0.2, 0.25) is 5.91 Å². The summed E-state index contributed by atoms with van der Waals surface area (Å²) in [5.41, 5.74) is 5.81. The number of esters is 1. The molecule has 0 saturated carbocycles. The summed E-state index contributed by atoms with van der Waals surface area (Å²) in [6, 6.07) is 1.32. The maximum absolute atomic E-state index is 13.6. The summed E-state index contributed by atoms with van der Waals surface area (Å²) in [5.74, 6) is -2.30. The number of nitrogens with two attached hydrogens (primary N) is 1. The molecule has 0 aliphatic carbocycles. The second kappa shape index (κ2) is 14.5. The first-order valence-electron chi connectivity index (χ1n) is 14.0. The molecular weight excluding hydrogens is 677 g/mol. The molecular formula is C27H32ClF3N6O7S2. The van der Waals surface area contributed by atoms with E-state index in [2.05, 4.69) is 19.4 Å². The lowest BCUT2D eigenvalue weighted by atomic mass is 10.00. The summed E-state index contributed by atoms with van der Waals surface area (Å²) < 4.78 is 83.4. The van der Waals surface area contributed by atoms with Gasteiger partial charge in [0.05, 0.1) is 12.8 Å². The lowest BCUT2D eigenvalue weighted by Gasteiger charge is -2.27. The predicted molar refractivity (Wildman–Crippen MR) is 164 cm³/mol. The Morgan fingerprint density at radius 1 is 1.20 bits per heavy atom. The van der Waals surface area contributed by atoms with Gasteiger partial charge in [-0.1, -0.05) is 11.3 Å². The van der Waals surface area contributed by atoms with E-state index in [1.165, 1.54) is 31.6 Å². The van der Waals surface area contributed by atoms with Gasteiger partial charge in [-0.05, 0) is 48.4 Å². The van der Waals surface area contributed by atoms with Crippen LogP contribution in [0.25, 0.3) is 10.8 Å². The van der Waals surface area contributed by atoms with E-state index in [9.17, 15) is 31.2 Å². The van der Waals surface area contributed by atoms with Crippen molar-refractivity contribution in [2.75, 3.05) is 50.6 Å². The highest BCUT2D eigenvalue weighted by atomic mass is 35.5. The van der Waals surface area contributed by atoms with Gasteiger partial charge in [0, 0.05) is 44.7 Å². The zero-order valence-corrected chi connectivity index (χ0v) is 26.9. The zero-order chi connectivity index (χ0) is 32.4. The van der Waals surface area contributed by atoms with Gasteiger partial charge in [-0.3, -0.25) is 4.79 Å². The summed E-state index contributed by atoms with van der Waals surface area (Å²) in [6.07, 6.45) is -0.937. The van der Waals surface area contributed by atoms with Gasteiger partial charge in [-0.25, -0.2) is 23.2 Å². The maximum Gasteiger partial charge on any atom is 0.573 e. The van der Waals surface area contributed by atoms with E-state index in [1.807, 2.05) is 4.90 Å². The molecule has 4 heterocycles. The number of methoxy groups -OCH3 is 1. The largest absolute Gasteiger partial charge is 0.573 e. The van der Waals surface area contributed by atoms with Crippen LogP contribution in [0.1, 0.15) is 24.8 Å². The molecule has 2 aromatic heterocycles. The van der Waals surface area contributed by atoms with Crippen molar-refractivity contribution in [1.29, 1.82) is 0 Å². The van der Waals surface area contributed by atoms with Gasteiger partial charge < -0.3 is 29.7 Å². The zero-order valence-electron chi connectivity index (χ0n) is 24.5. The van der Waals surface area contributed by atoms with E-state index in [4.69, 9.17) is 15.2 Å². The maximum atomic E-state index is 13.6. The molecule has 46 heavy (non-hydrogen) atoms. The van der Waals surface area contributed by atoms with E-state index in [0.29, 0.717) is 10.5 Å². The molecule has 0 radical (unpaired) electrons. The van der Waals surface area contributed by atoms with E-state index < -0.39 is 52.5 Å². The van der Waals surface area contributed by atoms with Crippen LogP contribution in [0.5, 0.6) is 5.75 Å². The molecule has 2 aliphatic heterocycles. The molecule has 3 aromatic rings. The molecule has 0 bridgehead atoms. The Bertz CT molecular complexity index is 1670. The number of hydrogen-bond donors (Lipinski definition) is 2. The molecule has 1 aromatic carbocycles. The molecule has 13 nitrogen and oxygen atoms in total. The number of hydrogen-bond acceptors (Lipinski definition) is 12. The molecule has 0 spiro atoms. The van der Waals surface area contributed by atoms with Gasteiger partial charge in [0.1, 0.15) is 30.3 Å². The summed E-state index contributed by atoms with van der Waals surface area (Å²) >= 11 is 0.989. The molecule has 0 unspecified atom stereocenters. The van der Waals surface area contributed by atoms with Crippen molar-refractivity contribution in [2.45, 2.75) is 48.3 Å². The first-order valence-corrected chi connectivity index (χ1v) is 16.3. The van der Waals surface area contributed by atoms with Crippen LogP contribution in [0, 0.1) is 0 Å². The third-order valence-electron chi connectivity index (χ3n) is 7.45. The van der Waals surface area contributed by atoms with Crippen LogP contribution >= 0.6 is 23.7 Å². The fourth-order valence-electron chi connectivity index (χ4n) is 5.30. The van der Waals surface area contributed by atoms with Crippen molar-refractivity contribution in [3.8, 4) is 5.75 Å². The number of thiazole rings is 1. The van der Waals surface area contributed by atoms with E-state index in [1.54, 1.807) is 0 Å². The number of amides is 1. The van der Waals surface area contributed by atoms with Crippen LogP contribution in [0.4, 0.5) is 24.1 Å². The number of sulfonamides is 1. The minimum Gasteiger partial charge on any atom is -0.462 e. The van der Waals surface area contributed by atoms with Crippen molar-refractivity contribution >= 4 is 67.4 Å². The van der Waals surface area contributed by atoms with E-state index >= 15 is 0 Å². The van der Waals surface area contributed by atoms with Crippen molar-refractivity contribution in [1.82, 2.24) is 19.6 Å². The Kier molecular flexibility index (Phi) is 11.2. The topological polar surface area (TPSA) is 166 Å². The van der Waals surface area contributed by atoms with Crippen LogP contribution in [-0.4, -0.2) is 93.6 Å². The highest BCUT2D eigenvalue weighted by molar-refractivity contribution is 7.91. The van der Waals surface area contributed by atoms with Crippen LogP contribution in [0.15, 0.2) is 34.8 Å². The van der Waals surface area contributed by atoms with Crippen molar-refractivity contribution in [2.24, 2.45) is 0 Å². The van der Waals surface area contributed by atoms with Gasteiger partial charge >= 0.3 is 12.3 Å². The number of alkyl halides is 3. The molecule has 2 aliphatic rings. The smallest absolute Gasteiger partial charge is 0.462 e. The number of ether oxygens (including phenoxy) is 3. The van der Waals surface area contributed by atoms with Gasteiger partial charge in [-0.15, -0.1) is 25.6 Å². The summed E-state index contributed by atoms with van der Waals surface area (Å²) in [7, 11) is -2.76. The molecule has 19 heteroatoms. The second-order valence-electron chi connectivity index (χ2n) is 10.5. The SMILES string of the molecule is COCCOC(=O)[C@@H](Cc1cc2ccnc(N)c2cc1OC(F)(F)F)N1CC[C@H](NS(=O)(=O)c2cnc(N3CCCC3)s2)C1=O.Cl. The lowest BCUT2D eigenvalue weighted by molar-refractivity contribution is -0.274. The third-order valence-corrected chi connectivity index (χ3v) is 10.4. The first kappa shape index (κ1) is 35.4. The fourth-order valence-corrected chi connectivity index (χ4v) is 7.71. The standard InChI is InChI=1S/C27H31F3N6O7S2.ClH/c1-41-10-11-42-25(38)20(13-17-12-16-4-6-32-23(31)18(16)14-21(17)43-27(28,29)30)36-9-5-19(24(36)37)34-45(39,40)22-15-33-26(44-22)35-7-2-3-8-35;/h4,6,12,14-15,19-20,34H,2-3,5,7-11,13H2,1H3,(H2,31,32);1H/t19-,20+;/m0./s1.